The highest BCUT2D eigenvalue weighted by Gasteiger charge is 2.23. The molecule has 0 bridgehead atoms. The molecule has 1 saturated heterocycles. The van der Waals surface area contributed by atoms with Crippen LogP contribution in [0.3, 0.4) is 0 Å². The van der Waals surface area contributed by atoms with Gasteiger partial charge in [-0.15, -0.1) is 0 Å². The third-order valence-corrected chi connectivity index (χ3v) is 4.86. The Morgan fingerprint density at radius 3 is 2.46 bits per heavy atom. The third kappa shape index (κ3) is 4.48. The van der Waals surface area contributed by atoms with Gasteiger partial charge in [0, 0.05) is 44.8 Å². The Balaban J connectivity index is 1.91. The summed E-state index contributed by atoms with van der Waals surface area (Å²) >= 11 is 0. The van der Waals surface area contributed by atoms with Crippen LogP contribution < -0.4 is 15.5 Å². The Morgan fingerprint density at radius 1 is 1.14 bits per heavy atom. The van der Waals surface area contributed by atoms with Crippen molar-refractivity contribution < 1.29 is 9.59 Å². The van der Waals surface area contributed by atoms with Gasteiger partial charge in [0.15, 0.2) is 0 Å². The largest absolute Gasteiger partial charge is 0.353 e. The van der Waals surface area contributed by atoms with Crippen molar-refractivity contribution in [2.75, 3.05) is 49.5 Å². The Bertz CT molecular complexity index is 815. The van der Waals surface area contributed by atoms with E-state index in [4.69, 9.17) is 0 Å². The number of nitrogens with one attached hydrogen (secondary N) is 2. The maximum Gasteiger partial charge on any atom is 0.257 e. The highest BCUT2D eigenvalue weighted by Crippen LogP contribution is 2.24. The minimum absolute atomic E-state index is 0.0677. The quantitative estimate of drug-likeness (QED) is 0.802. The first-order valence-corrected chi connectivity index (χ1v) is 9.75. The number of amides is 2. The normalized spacial score (nSPS) is 13.9. The number of benzene rings is 1. The highest BCUT2D eigenvalue weighted by atomic mass is 16.2. The fourth-order valence-electron chi connectivity index (χ4n) is 3.29. The van der Waals surface area contributed by atoms with Crippen LogP contribution in [0.2, 0.25) is 0 Å². The number of hydrogen-bond donors (Lipinski definition) is 2. The van der Waals surface area contributed by atoms with Gasteiger partial charge in [-0.25, -0.2) is 4.98 Å². The van der Waals surface area contributed by atoms with Crippen LogP contribution in [-0.2, 0) is 0 Å². The zero-order valence-electron chi connectivity index (χ0n) is 16.4. The van der Waals surface area contributed by atoms with Crippen LogP contribution in [0.5, 0.6) is 0 Å². The van der Waals surface area contributed by atoms with Crippen molar-refractivity contribution in [2.24, 2.45) is 0 Å². The van der Waals surface area contributed by atoms with E-state index in [-0.39, 0.29) is 11.8 Å². The second kappa shape index (κ2) is 9.32. The number of pyridine rings is 1. The van der Waals surface area contributed by atoms with Gasteiger partial charge in [0.05, 0.1) is 17.4 Å². The van der Waals surface area contributed by atoms with Crippen molar-refractivity contribution in [1.29, 1.82) is 0 Å². The molecule has 2 amide bonds. The van der Waals surface area contributed by atoms with Gasteiger partial charge in [0.1, 0.15) is 5.82 Å². The Morgan fingerprint density at radius 2 is 1.82 bits per heavy atom. The van der Waals surface area contributed by atoms with Crippen LogP contribution in [-0.4, -0.2) is 61.0 Å². The molecule has 1 aromatic heterocycles. The molecule has 1 aliphatic heterocycles. The number of aromatic nitrogens is 1. The SMILES string of the molecule is CCN(CC)C(=O)c1cc(NC(=O)c2ccccc2)cnc1N1CCNCC1. The second-order valence-electron chi connectivity index (χ2n) is 6.63. The smallest absolute Gasteiger partial charge is 0.257 e. The van der Waals surface area contributed by atoms with Crippen LogP contribution in [0.1, 0.15) is 34.6 Å². The van der Waals surface area contributed by atoms with E-state index in [1.807, 2.05) is 32.0 Å². The van der Waals surface area contributed by atoms with Crippen molar-refractivity contribution >= 4 is 23.3 Å². The lowest BCUT2D eigenvalue weighted by Crippen LogP contribution is -2.45. The maximum atomic E-state index is 13.1. The number of rotatable bonds is 6. The zero-order valence-corrected chi connectivity index (χ0v) is 16.4. The molecule has 2 aromatic rings. The molecule has 0 spiro atoms. The summed E-state index contributed by atoms with van der Waals surface area (Å²) in [4.78, 5) is 34.0. The molecule has 28 heavy (non-hydrogen) atoms. The summed E-state index contributed by atoms with van der Waals surface area (Å²) in [6, 6.07) is 10.7. The number of carbonyl (C=O) groups excluding carboxylic acids is 2. The molecule has 0 unspecified atom stereocenters. The van der Waals surface area contributed by atoms with Crippen LogP contribution in [0.4, 0.5) is 11.5 Å². The molecule has 1 fully saturated rings. The maximum absolute atomic E-state index is 13.1. The lowest BCUT2D eigenvalue weighted by Gasteiger charge is -2.31. The van der Waals surface area contributed by atoms with Crippen LogP contribution in [0, 0.1) is 0 Å². The number of anilines is 2. The number of carbonyl (C=O) groups is 2. The van der Waals surface area contributed by atoms with Crippen molar-refractivity contribution in [3.05, 3.63) is 53.7 Å². The van der Waals surface area contributed by atoms with Gasteiger partial charge < -0.3 is 20.4 Å². The van der Waals surface area contributed by atoms with E-state index in [0.29, 0.717) is 35.7 Å². The Hall–Kier alpha value is -2.93. The van der Waals surface area contributed by atoms with Gasteiger partial charge in [-0.3, -0.25) is 9.59 Å². The van der Waals surface area contributed by atoms with E-state index in [2.05, 4.69) is 20.5 Å². The van der Waals surface area contributed by atoms with Crippen LogP contribution >= 0.6 is 0 Å². The molecule has 3 rings (SSSR count). The van der Waals surface area contributed by atoms with Gasteiger partial charge in [-0.05, 0) is 32.0 Å². The fourth-order valence-corrected chi connectivity index (χ4v) is 3.29. The summed E-state index contributed by atoms with van der Waals surface area (Å²) in [5, 5.41) is 6.17. The number of nitrogens with zero attached hydrogens (tertiary/aromatic N) is 3. The third-order valence-electron chi connectivity index (χ3n) is 4.86. The summed E-state index contributed by atoms with van der Waals surface area (Å²) < 4.78 is 0. The lowest BCUT2D eigenvalue weighted by molar-refractivity contribution is 0.0772. The number of hydrogen-bond acceptors (Lipinski definition) is 5. The van der Waals surface area contributed by atoms with Crippen molar-refractivity contribution in [2.45, 2.75) is 13.8 Å². The monoisotopic (exact) mass is 381 g/mol. The highest BCUT2D eigenvalue weighted by molar-refractivity contribution is 6.05. The standard InChI is InChI=1S/C21H27N5O2/c1-3-25(4-2)21(28)18-14-17(24-20(27)16-8-6-5-7-9-16)15-23-19(18)26-12-10-22-11-13-26/h5-9,14-15,22H,3-4,10-13H2,1-2H3,(H,24,27). The first-order valence-electron chi connectivity index (χ1n) is 9.75. The van der Waals surface area contributed by atoms with Crippen LogP contribution in [0.25, 0.3) is 0 Å². The first-order chi connectivity index (χ1) is 13.6. The van der Waals surface area contributed by atoms with E-state index < -0.39 is 0 Å². The summed E-state index contributed by atoms with van der Waals surface area (Å²) in [5.41, 5.74) is 1.60. The van der Waals surface area contributed by atoms with E-state index in [1.165, 1.54) is 0 Å². The predicted molar refractivity (Wildman–Crippen MR) is 111 cm³/mol. The van der Waals surface area contributed by atoms with Crippen molar-refractivity contribution in [3.63, 3.8) is 0 Å². The molecule has 7 nitrogen and oxygen atoms in total. The minimum Gasteiger partial charge on any atom is -0.353 e. The summed E-state index contributed by atoms with van der Waals surface area (Å²) in [6.45, 7) is 8.46. The molecule has 0 radical (unpaired) electrons. The van der Waals surface area contributed by atoms with Gasteiger partial charge in [0.25, 0.3) is 11.8 Å². The summed E-state index contributed by atoms with van der Waals surface area (Å²) in [5.74, 6) is 0.386. The summed E-state index contributed by atoms with van der Waals surface area (Å²) in [6.07, 6.45) is 1.62. The van der Waals surface area contributed by atoms with Gasteiger partial charge >= 0.3 is 0 Å². The molecular formula is C21H27N5O2. The van der Waals surface area contributed by atoms with Gasteiger partial charge in [0.2, 0.25) is 0 Å². The Kier molecular flexibility index (Phi) is 6.60. The van der Waals surface area contributed by atoms with E-state index in [9.17, 15) is 9.59 Å². The first kappa shape index (κ1) is 19.8. The van der Waals surface area contributed by atoms with Gasteiger partial charge in [-0.2, -0.15) is 0 Å². The lowest BCUT2D eigenvalue weighted by atomic mass is 10.1. The van der Waals surface area contributed by atoms with E-state index >= 15 is 0 Å². The van der Waals surface area contributed by atoms with E-state index in [1.54, 1.807) is 29.3 Å². The molecule has 2 N–H and O–H groups in total. The molecule has 148 valence electrons. The molecular weight excluding hydrogens is 354 g/mol. The topological polar surface area (TPSA) is 77.6 Å². The van der Waals surface area contributed by atoms with Crippen molar-refractivity contribution in [1.82, 2.24) is 15.2 Å². The van der Waals surface area contributed by atoms with E-state index in [0.717, 1.165) is 26.2 Å². The molecule has 2 heterocycles. The average molecular weight is 381 g/mol. The second-order valence-corrected chi connectivity index (χ2v) is 6.63. The number of piperazine rings is 1. The molecule has 1 aliphatic rings. The zero-order chi connectivity index (χ0) is 19.9. The van der Waals surface area contributed by atoms with Crippen molar-refractivity contribution in [3.8, 4) is 0 Å². The molecule has 1 aromatic carbocycles. The predicted octanol–water partition coefficient (Wildman–Crippen LogP) is 2.23. The molecule has 0 saturated carbocycles. The summed E-state index contributed by atoms with van der Waals surface area (Å²) in [7, 11) is 0. The Labute approximate surface area is 165 Å². The average Bonchev–Trinajstić information content (AvgIpc) is 2.75. The molecule has 7 heteroatoms. The minimum atomic E-state index is -0.224. The molecule has 0 atom stereocenters. The van der Waals surface area contributed by atoms with Gasteiger partial charge in [-0.1, -0.05) is 18.2 Å². The molecule has 0 aliphatic carbocycles. The van der Waals surface area contributed by atoms with Crippen LogP contribution in [0.15, 0.2) is 42.6 Å². The fraction of sp³-hybridized carbons (Fsp3) is 0.381.